The van der Waals surface area contributed by atoms with Crippen LogP contribution in [0.3, 0.4) is 0 Å². The second kappa shape index (κ2) is 7.47. The van der Waals surface area contributed by atoms with Gasteiger partial charge in [-0.2, -0.15) is 22.5 Å². The topological polar surface area (TPSA) is 85.4 Å². The number of amides is 1. The van der Waals surface area contributed by atoms with E-state index in [2.05, 4.69) is 35.0 Å². The van der Waals surface area contributed by atoms with E-state index in [9.17, 15) is 22.2 Å². The van der Waals surface area contributed by atoms with Gasteiger partial charge in [-0.1, -0.05) is 33.2 Å². The van der Waals surface area contributed by atoms with E-state index < -0.39 is 27.7 Å². The van der Waals surface area contributed by atoms with Gasteiger partial charge in [-0.05, 0) is 36.4 Å². The zero-order valence-electron chi connectivity index (χ0n) is 14.1. The van der Waals surface area contributed by atoms with Crippen molar-refractivity contribution in [1.29, 1.82) is 0 Å². The van der Waals surface area contributed by atoms with Crippen LogP contribution in [0, 0.1) is 0 Å². The highest BCUT2D eigenvalue weighted by molar-refractivity contribution is 9.10. The molecule has 1 aromatic heterocycles. The van der Waals surface area contributed by atoms with Gasteiger partial charge in [0.15, 0.2) is 0 Å². The van der Waals surface area contributed by atoms with Crippen molar-refractivity contribution in [3.8, 4) is 11.4 Å². The van der Waals surface area contributed by atoms with E-state index in [0.29, 0.717) is 4.90 Å². The fourth-order valence-corrected chi connectivity index (χ4v) is 3.60. The fraction of sp³-hybridized carbons (Fsp3) is 0.118. The second-order valence-corrected chi connectivity index (χ2v) is 8.83. The number of nitrogens with zero attached hydrogens (tertiary/aromatic N) is 3. The fourth-order valence-electron chi connectivity index (χ4n) is 2.17. The lowest BCUT2D eigenvalue weighted by molar-refractivity contribution is -0.159. The van der Waals surface area contributed by atoms with Crippen LogP contribution in [0.25, 0.3) is 11.4 Å². The third-order valence-electron chi connectivity index (χ3n) is 3.57. The third kappa shape index (κ3) is 4.47. The molecule has 0 bridgehead atoms. The molecule has 146 valence electrons. The SMILES string of the molecule is CS(=O)(=NC(=O)c1ccc(-c2noc(C(F)(F)F)n2)cc1)c1ccc(Br)cc1. The first-order valence-corrected chi connectivity index (χ1v) is 10.3. The van der Waals surface area contributed by atoms with Gasteiger partial charge < -0.3 is 4.52 Å². The number of halogens is 4. The predicted octanol–water partition coefficient (Wildman–Crippen LogP) is 4.82. The van der Waals surface area contributed by atoms with E-state index in [-0.39, 0.29) is 17.0 Å². The highest BCUT2D eigenvalue weighted by Crippen LogP contribution is 2.29. The van der Waals surface area contributed by atoms with Crippen LogP contribution in [0.15, 0.2) is 66.8 Å². The third-order valence-corrected chi connectivity index (χ3v) is 5.76. The van der Waals surface area contributed by atoms with Gasteiger partial charge >= 0.3 is 12.1 Å². The van der Waals surface area contributed by atoms with Gasteiger partial charge in [-0.15, -0.1) is 0 Å². The van der Waals surface area contributed by atoms with Crippen molar-refractivity contribution < 1.29 is 26.7 Å². The van der Waals surface area contributed by atoms with Crippen LogP contribution in [-0.4, -0.2) is 26.5 Å². The van der Waals surface area contributed by atoms with Crippen LogP contribution in [0.2, 0.25) is 0 Å². The van der Waals surface area contributed by atoms with Gasteiger partial charge in [0.2, 0.25) is 5.82 Å². The Morgan fingerprint density at radius 2 is 1.71 bits per heavy atom. The molecule has 0 fully saturated rings. The Balaban J connectivity index is 1.85. The van der Waals surface area contributed by atoms with E-state index in [1.54, 1.807) is 24.3 Å². The monoisotopic (exact) mass is 473 g/mol. The second-order valence-electron chi connectivity index (χ2n) is 5.65. The summed E-state index contributed by atoms with van der Waals surface area (Å²) in [5.41, 5.74) is 0.343. The van der Waals surface area contributed by atoms with Gasteiger partial charge in [0.05, 0.1) is 9.73 Å². The van der Waals surface area contributed by atoms with Crippen LogP contribution >= 0.6 is 15.9 Å². The Hall–Kier alpha value is -2.53. The first-order chi connectivity index (χ1) is 13.1. The van der Waals surface area contributed by atoms with Crippen molar-refractivity contribution >= 4 is 31.6 Å². The minimum Gasteiger partial charge on any atom is -0.329 e. The molecule has 28 heavy (non-hydrogen) atoms. The maximum Gasteiger partial charge on any atom is 0.471 e. The first kappa shape index (κ1) is 20.2. The Morgan fingerprint density at radius 1 is 1.11 bits per heavy atom. The average Bonchev–Trinajstić information content (AvgIpc) is 3.12. The molecule has 3 aromatic rings. The molecule has 0 saturated heterocycles. The molecule has 6 nitrogen and oxygen atoms in total. The summed E-state index contributed by atoms with van der Waals surface area (Å²) in [6.45, 7) is 0. The number of hydrogen-bond acceptors (Lipinski definition) is 5. The standard InChI is InChI=1S/C17H11BrF3N3O3S/c1-28(26,13-8-6-12(18)7-9-13)24-15(25)11-4-2-10(3-5-11)14-22-16(27-23-14)17(19,20)21/h2-9H,1H3. The molecule has 0 saturated carbocycles. The lowest BCUT2D eigenvalue weighted by Gasteiger charge is -2.04. The quantitative estimate of drug-likeness (QED) is 0.544. The summed E-state index contributed by atoms with van der Waals surface area (Å²) in [7, 11) is -2.96. The molecule has 0 N–H and O–H groups in total. The molecule has 11 heteroatoms. The number of alkyl halides is 3. The van der Waals surface area contributed by atoms with Gasteiger partial charge in [-0.25, -0.2) is 4.21 Å². The Morgan fingerprint density at radius 3 is 2.25 bits per heavy atom. The van der Waals surface area contributed by atoms with Gasteiger partial charge in [0, 0.05) is 26.8 Å². The summed E-state index contributed by atoms with van der Waals surface area (Å²) >= 11 is 3.27. The number of rotatable bonds is 3. The van der Waals surface area contributed by atoms with Gasteiger partial charge in [0.1, 0.15) is 0 Å². The average molecular weight is 474 g/mol. The van der Waals surface area contributed by atoms with Crippen LogP contribution in [0.1, 0.15) is 16.2 Å². The molecular formula is C17H11BrF3N3O3S. The van der Waals surface area contributed by atoms with Crippen LogP contribution < -0.4 is 0 Å². The lowest BCUT2D eigenvalue weighted by atomic mass is 10.1. The summed E-state index contributed by atoms with van der Waals surface area (Å²) in [5, 5.41) is 3.27. The van der Waals surface area contributed by atoms with Crippen molar-refractivity contribution in [2.75, 3.05) is 6.26 Å². The molecule has 1 heterocycles. The van der Waals surface area contributed by atoms with E-state index >= 15 is 0 Å². The summed E-state index contributed by atoms with van der Waals surface area (Å²) in [6, 6.07) is 11.9. The molecular weight excluding hydrogens is 463 g/mol. The molecule has 0 aliphatic rings. The van der Waals surface area contributed by atoms with Crippen molar-refractivity contribution in [3.05, 3.63) is 64.5 Å². The largest absolute Gasteiger partial charge is 0.471 e. The highest BCUT2D eigenvalue weighted by atomic mass is 79.9. The van der Waals surface area contributed by atoms with Crippen LogP contribution in [0.5, 0.6) is 0 Å². The van der Waals surface area contributed by atoms with Crippen molar-refractivity contribution in [2.45, 2.75) is 11.1 Å². The summed E-state index contributed by atoms with van der Waals surface area (Å²) < 4.78 is 59.1. The molecule has 3 rings (SSSR count). The van der Waals surface area contributed by atoms with E-state index in [1.165, 1.54) is 30.5 Å². The maximum atomic E-state index is 12.7. The van der Waals surface area contributed by atoms with E-state index in [4.69, 9.17) is 0 Å². The summed E-state index contributed by atoms with van der Waals surface area (Å²) in [6.07, 6.45) is -3.39. The van der Waals surface area contributed by atoms with E-state index in [0.717, 1.165) is 4.47 Å². The first-order valence-electron chi connectivity index (χ1n) is 7.60. The minimum absolute atomic E-state index is 0.120. The maximum absolute atomic E-state index is 12.7. The van der Waals surface area contributed by atoms with Crippen LogP contribution in [0.4, 0.5) is 13.2 Å². The van der Waals surface area contributed by atoms with Crippen molar-refractivity contribution in [1.82, 2.24) is 10.1 Å². The van der Waals surface area contributed by atoms with Gasteiger partial charge in [-0.3, -0.25) is 4.79 Å². The highest BCUT2D eigenvalue weighted by Gasteiger charge is 2.38. The Bertz CT molecular complexity index is 1130. The number of hydrogen-bond donors (Lipinski definition) is 0. The zero-order chi connectivity index (χ0) is 20.5. The van der Waals surface area contributed by atoms with Crippen molar-refractivity contribution in [3.63, 3.8) is 0 Å². The zero-order valence-corrected chi connectivity index (χ0v) is 16.5. The summed E-state index contributed by atoms with van der Waals surface area (Å²) in [4.78, 5) is 16.0. The molecule has 0 aliphatic heterocycles. The van der Waals surface area contributed by atoms with E-state index in [1.807, 2.05) is 0 Å². The molecule has 2 aromatic carbocycles. The number of carbonyl (C=O) groups excluding carboxylic acids is 1. The molecule has 1 amide bonds. The smallest absolute Gasteiger partial charge is 0.329 e. The van der Waals surface area contributed by atoms with Crippen LogP contribution in [-0.2, 0) is 15.9 Å². The number of benzene rings is 2. The molecule has 1 unspecified atom stereocenters. The molecule has 0 radical (unpaired) electrons. The molecule has 0 spiro atoms. The minimum atomic E-state index is -4.74. The number of carbonyl (C=O) groups is 1. The molecule has 0 aliphatic carbocycles. The predicted molar refractivity (Wildman–Crippen MR) is 98.0 cm³/mol. The Kier molecular flexibility index (Phi) is 5.39. The summed E-state index contributed by atoms with van der Waals surface area (Å²) in [5.74, 6) is -2.44. The van der Waals surface area contributed by atoms with Crippen molar-refractivity contribution in [2.24, 2.45) is 4.36 Å². The lowest BCUT2D eigenvalue weighted by Crippen LogP contribution is -2.05. The number of aromatic nitrogens is 2. The van der Waals surface area contributed by atoms with Gasteiger partial charge in [0.25, 0.3) is 5.91 Å². The Labute approximate surface area is 166 Å². The molecule has 1 atom stereocenters. The normalized spacial score (nSPS) is 13.8.